The zero-order valence-electron chi connectivity index (χ0n) is 22.9. The number of aromatic nitrogens is 1. The summed E-state index contributed by atoms with van der Waals surface area (Å²) >= 11 is 0. The Kier molecular flexibility index (Phi) is 13.7. The molecule has 4 atom stereocenters. The maximum Gasteiger partial charge on any atom is 0.326 e. The molecule has 3 amide bonds. The number of para-hydroxylation sites is 1. The lowest BCUT2D eigenvalue weighted by atomic mass is 10.0. The monoisotopic (exact) mass is 575 g/mol. The van der Waals surface area contributed by atoms with E-state index < -0.39 is 60.2 Å². The second-order valence-electron chi connectivity index (χ2n) is 9.86. The Labute approximate surface area is 237 Å². The van der Waals surface area contributed by atoms with Gasteiger partial charge in [0.1, 0.15) is 18.1 Å². The van der Waals surface area contributed by atoms with Crippen molar-refractivity contribution in [3.05, 3.63) is 36.0 Å². The minimum absolute atomic E-state index is 0.0847. The number of fused-ring (bicyclic) bond motifs is 1. The van der Waals surface area contributed by atoms with E-state index in [0.29, 0.717) is 50.8 Å². The quantitative estimate of drug-likeness (QED) is 0.0952. The lowest BCUT2D eigenvalue weighted by Gasteiger charge is -2.24. The van der Waals surface area contributed by atoms with Gasteiger partial charge in [-0.1, -0.05) is 24.6 Å². The highest BCUT2D eigenvalue weighted by atomic mass is 16.4. The largest absolute Gasteiger partial charge is 0.481 e. The van der Waals surface area contributed by atoms with Gasteiger partial charge in [-0.15, -0.1) is 0 Å². The first-order chi connectivity index (χ1) is 19.6. The van der Waals surface area contributed by atoms with Crippen molar-refractivity contribution in [2.24, 2.45) is 17.2 Å². The van der Waals surface area contributed by atoms with Crippen LogP contribution in [0.25, 0.3) is 10.9 Å². The fraction of sp³-hybridized carbons (Fsp3) is 0.519. The van der Waals surface area contributed by atoms with Gasteiger partial charge in [0.15, 0.2) is 0 Å². The fourth-order valence-electron chi connectivity index (χ4n) is 4.33. The van der Waals surface area contributed by atoms with Crippen molar-refractivity contribution in [1.82, 2.24) is 20.9 Å². The summed E-state index contributed by atoms with van der Waals surface area (Å²) in [5, 5.41) is 27.2. The molecule has 0 bridgehead atoms. The molecule has 14 heteroatoms. The van der Waals surface area contributed by atoms with Gasteiger partial charge in [0, 0.05) is 23.5 Å². The number of carbonyl (C=O) groups is 5. The molecule has 4 unspecified atom stereocenters. The van der Waals surface area contributed by atoms with Crippen molar-refractivity contribution in [3.63, 3.8) is 0 Å². The third-order valence-electron chi connectivity index (χ3n) is 6.61. The summed E-state index contributed by atoms with van der Waals surface area (Å²) in [5.74, 6) is -5.08. The normalized spacial score (nSPS) is 14.0. The van der Waals surface area contributed by atoms with Gasteiger partial charge < -0.3 is 48.3 Å². The predicted molar refractivity (Wildman–Crippen MR) is 151 cm³/mol. The van der Waals surface area contributed by atoms with E-state index in [1.165, 1.54) is 0 Å². The van der Waals surface area contributed by atoms with Gasteiger partial charge in [0.25, 0.3) is 0 Å². The van der Waals surface area contributed by atoms with Crippen LogP contribution in [0.4, 0.5) is 0 Å². The highest BCUT2D eigenvalue weighted by Gasteiger charge is 2.32. The molecule has 0 aliphatic rings. The second-order valence-corrected chi connectivity index (χ2v) is 9.86. The first kappa shape index (κ1) is 33.2. The zero-order chi connectivity index (χ0) is 30.4. The minimum Gasteiger partial charge on any atom is -0.481 e. The number of carboxylic acids is 2. The van der Waals surface area contributed by atoms with Crippen LogP contribution in [0.5, 0.6) is 0 Å². The number of carbonyl (C=O) groups excluding carboxylic acids is 3. The molecule has 0 fully saturated rings. The summed E-state index contributed by atoms with van der Waals surface area (Å²) in [6.07, 6.45) is 3.62. The van der Waals surface area contributed by atoms with Gasteiger partial charge >= 0.3 is 11.9 Å². The average Bonchev–Trinajstić information content (AvgIpc) is 3.34. The fourth-order valence-corrected chi connectivity index (χ4v) is 4.33. The van der Waals surface area contributed by atoms with Crippen molar-refractivity contribution in [2.75, 3.05) is 13.1 Å². The van der Waals surface area contributed by atoms with Gasteiger partial charge in [-0.25, -0.2) is 4.79 Å². The van der Waals surface area contributed by atoms with E-state index in [1.807, 2.05) is 12.1 Å². The van der Waals surface area contributed by atoms with Crippen LogP contribution in [0.2, 0.25) is 0 Å². The molecule has 0 aliphatic carbocycles. The van der Waals surface area contributed by atoms with E-state index in [9.17, 15) is 34.2 Å². The third kappa shape index (κ3) is 10.8. The molecule has 2 aromatic rings. The lowest BCUT2D eigenvalue weighted by Crippen LogP contribution is -2.57. The number of carboxylic acid groups (broad SMARTS) is 2. The van der Waals surface area contributed by atoms with E-state index in [2.05, 4.69) is 20.9 Å². The number of rotatable bonds is 19. The topological polar surface area (TPSA) is 256 Å². The molecule has 1 aromatic carbocycles. The van der Waals surface area contributed by atoms with Crippen molar-refractivity contribution in [2.45, 2.75) is 75.5 Å². The van der Waals surface area contributed by atoms with Crippen LogP contribution >= 0.6 is 0 Å². The molecule has 226 valence electrons. The number of aliphatic carboxylic acids is 2. The Balaban J connectivity index is 2.15. The Bertz CT molecular complexity index is 1190. The van der Waals surface area contributed by atoms with Crippen molar-refractivity contribution < 1.29 is 34.2 Å². The lowest BCUT2D eigenvalue weighted by molar-refractivity contribution is -0.143. The standard InChI is InChI=1S/C27H41N7O7/c28-11-5-3-8-18(30)24(37)32-20(10-4-6-12-29)25(38)33-21(14-23(35)36)26(39)34-22(27(40)41)13-16-15-31-19-9-2-1-7-17(16)19/h1-2,7,9,15,18,20-22,31H,3-6,8,10-14,28-30H2,(H,32,37)(H,33,38)(H,34,39)(H,35,36)(H,40,41). The SMILES string of the molecule is NCCCCC(N)C(=O)NC(CCCCN)C(=O)NC(CC(=O)O)C(=O)NC(Cc1c[nH]c2ccccc12)C(=O)O. The number of aromatic amines is 1. The molecule has 1 aromatic heterocycles. The molecule has 14 nitrogen and oxygen atoms in total. The predicted octanol–water partition coefficient (Wildman–Crippen LogP) is -0.691. The van der Waals surface area contributed by atoms with Gasteiger partial charge in [0.2, 0.25) is 17.7 Å². The van der Waals surface area contributed by atoms with Crippen molar-refractivity contribution >= 4 is 40.6 Å². The molecule has 0 saturated carbocycles. The maximum atomic E-state index is 13.2. The van der Waals surface area contributed by atoms with Crippen LogP contribution in [0, 0.1) is 0 Å². The van der Waals surface area contributed by atoms with Crippen LogP contribution in [0.1, 0.15) is 50.5 Å². The van der Waals surface area contributed by atoms with Crippen LogP contribution in [-0.4, -0.2) is 82.1 Å². The van der Waals surface area contributed by atoms with E-state index in [0.717, 1.165) is 10.9 Å². The number of nitrogens with one attached hydrogen (secondary N) is 4. The first-order valence-electron chi connectivity index (χ1n) is 13.6. The molecular weight excluding hydrogens is 534 g/mol. The Morgan fingerprint density at radius 1 is 0.780 bits per heavy atom. The molecule has 0 radical (unpaired) electrons. The summed E-state index contributed by atoms with van der Waals surface area (Å²) in [5.41, 5.74) is 18.4. The first-order valence-corrected chi connectivity index (χ1v) is 13.6. The van der Waals surface area contributed by atoms with Crippen molar-refractivity contribution in [1.29, 1.82) is 0 Å². The number of nitrogens with two attached hydrogens (primary N) is 3. The molecule has 0 saturated heterocycles. The van der Waals surface area contributed by atoms with Crippen LogP contribution in [0.15, 0.2) is 30.5 Å². The summed E-state index contributed by atoms with van der Waals surface area (Å²) in [7, 11) is 0. The number of amides is 3. The van der Waals surface area contributed by atoms with Gasteiger partial charge in [-0.3, -0.25) is 19.2 Å². The molecular formula is C27H41N7O7. The Hall–Kier alpha value is -4.01. The molecule has 1 heterocycles. The summed E-state index contributed by atoms with van der Waals surface area (Å²) in [6.45, 7) is 0.813. The molecule has 0 spiro atoms. The zero-order valence-corrected chi connectivity index (χ0v) is 22.9. The van der Waals surface area contributed by atoms with Gasteiger partial charge in [-0.05, 0) is 56.8 Å². The average molecular weight is 576 g/mol. The van der Waals surface area contributed by atoms with Crippen LogP contribution < -0.4 is 33.2 Å². The van der Waals surface area contributed by atoms with E-state index in [4.69, 9.17) is 17.2 Å². The second kappa shape index (κ2) is 16.9. The summed E-state index contributed by atoms with van der Waals surface area (Å²) < 4.78 is 0. The molecule has 41 heavy (non-hydrogen) atoms. The highest BCUT2D eigenvalue weighted by Crippen LogP contribution is 2.19. The number of hydrogen-bond acceptors (Lipinski definition) is 8. The molecule has 12 N–H and O–H groups in total. The Morgan fingerprint density at radius 2 is 1.37 bits per heavy atom. The molecule has 2 rings (SSSR count). The van der Waals surface area contributed by atoms with Gasteiger partial charge in [0.05, 0.1) is 12.5 Å². The highest BCUT2D eigenvalue weighted by molar-refractivity contribution is 5.95. The number of H-pyrrole nitrogens is 1. The van der Waals surface area contributed by atoms with E-state index >= 15 is 0 Å². The van der Waals surface area contributed by atoms with Crippen LogP contribution in [0.3, 0.4) is 0 Å². The van der Waals surface area contributed by atoms with E-state index in [1.54, 1.807) is 18.3 Å². The number of benzene rings is 1. The third-order valence-corrected chi connectivity index (χ3v) is 6.61. The van der Waals surface area contributed by atoms with E-state index in [-0.39, 0.29) is 12.8 Å². The van der Waals surface area contributed by atoms with Crippen LogP contribution in [-0.2, 0) is 30.4 Å². The number of hydrogen-bond donors (Lipinski definition) is 9. The van der Waals surface area contributed by atoms with Crippen molar-refractivity contribution in [3.8, 4) is 0 Å². The smallest absolute Gasteiger partial charge is 0.326 e. The molecule has 0 aliphatic heterocycles. The minimum atomic E-state index is -1.60. The summed E-state index contributed by atoms with van der Waals surface area (Å²) in [6, 6.07) is 2.24. The summed E-state index contributed by atoms with van der Waals surface area (Å²) in [4.78, 5) is 65.4. The number of unbranched alkanes of at least 4 members (excludes halogenated alkanes) is 2. The Morgan fingerprint density at radius 3 is 2.00 bits per heavy atom. The maximum absolute atomic E-state index is 13.2. The van der Waals surface area contributed by atoms with Gasteiger partial charge in [-0.2, -0.15) is 0 Å².